The molecule has 0 aliphatic heterocycles. The van der Waals surface area contributed by atoms with E-state index in [1.54, 1.807) is 0 Å². The molecule has 0 amide bonds. The van der Waals surface area contributed by atoms with Gasteiger partial charge in [0, 0.05) is 10.4 Å². The van der Waals surface area contributed by atoms with Crippen molar-refractivity contribution in [3.8, 4) is 0 Å². The fourth-order valence-corrected chi connectivity index (χ4v) is 1.72. The molecule has 0 heterocycles. The van der Waals surface area contributed by atoms with Crippen LogP contribution in [0.15, 0.2) is 22.7 Å². The SMILES string of the molecule is CCc1cc(Br)cc([C](C)CF)c1. The van der Waals surface area contributed by atoms with Crippen molar-refractivity contribution in [1.29, 1.82) is 0 Å². The lowest BCUT2D eigenvalue weighted by Gasteiger charge is -2.09. The minimum absolute atomic E-state index is 0.375. The maximum atomic E-state index is 12.4. The smallest absolute Gasteiger partial charge is 0.0997 e. The lowest BCUT2D eigenvalue weighted by Crippen LogP contribution is -1.97. The van der Waals surface area contributed by atoms with Gasteiger partial charge >= 0.3 is 0 Å². The number of halogens is 2. The third-order valence-corrected chi connectivity index (χ3v) is 2.52. The quantitative estimate of drug-likeness (QED) is 0.755. The lowest BCUT2D eigenvalue weighted by molar-refractivity contribution is 0.516. The minimum atomic E-state index is -0.375. The van der Waals surface area contributed by atoms with E-state index >= 15 is 0 Å². The Hall–Kier alpha value is -0.370. The first kappa shape index (κ1) is 10.7. The van der Waals surface area contributed by atoms with E-state index in [-0.39, 0.29) is 6.67 Å². The average molecular weight is 244 g/mol. The molecule has 0 aromatic heterocycles. The molecule has 1 radical (unpaired) electrons. The van der Waals surface area contributed by atoms with Crippen molar-refractivity contribution in [3.05, 3.63) is 39.7 Å². The highest BCUT2D eigenvalue weighted by molar-refractivity contribution is 9.10. The highest BCUT2D eigenvalue weighted by Crippen LogP contribution is 2.22. The molecule has 0 aliphatic rings. The second-order valence-electron chi connectivity index (χ2n) is 3.12. The van der Waals surface area contributed by atoms with E-state index in [0.29, 0.717) is 0 Å². The number of alkyl halides is 1. The van der Waals surface area contributed by atoms with Crippen LogP contribution in [-0.4, -0.2) is 6.67 Å². The van der Waals surface area contributed by atoms with E-state index in [2.05, 4.69) is 28.9 Å². The Morgan fingerprint density at radius 2 is 2.08 bits per heavy atom. The van der Waals surface area contributed by atoms with E-state index in [1.165, 1.54) is 5.56 Å². The summed E-state index contributed by atoms with van der Waals surface area (Å²) in [4.78, 5) is 0. The molecule has 0 nitrogen and oxygen atoms in total. The van der Waals surface area contributed by atoms with Crippen molar-refractivity contribution in [3.63, 3.8) is 0 Å². The lowest BCUT2D eigenvalue weighted by atomic mass is 9.99. The Bertz CT molecular complexity index is 283. The monoisotopic (exact) mass is 243 g/mol. The topological polar surface area (TPSA) is 0 Å². The Morgan fingerprint density at radius 1 is 1.38 bits per heavy atom. The largest absolute Gasteiger partial charge is 0.250 e. The highest BCUT2D eigenvalue weighted by Gasteiger charge is 2.07. The molecule has 1 rings (SSSR count). The molecule has 1 aromatic carbocycles. The molecule has 0 saturated heterocycles. The van der Waals surface area contributed by atoms with Gasteiger partial charge in [0.1, 0.15) is 0 Å². The minimum Gasteiger partial charge on any atom is -0.250 e. The van der Waals surface area contributed by atoms with Crippen molar-refractivity contribution in [2.75, 3.05) is 6.67 Å². The summed E-state index contributed by atoms with van der Waals surface area (Å²) in [5.74, 6) is 0.788. The predicted molar refractivity (Wildman–Crippen MR) is 57.5 cm³/mol. The van der Waals surface area contributed by atoms with Gasteiger partial charge in [-0.25, -0.2) is 0 Å². The van der Waals surface area contributed by atoms with Gasteiger partial charge in [-0.3, -0.25) is 4.39 Å². The maximum Gasteiger partial charge on any atom is 0.0997 e. The van der Waals surface area contributed by atoms with Gasteiger partial charge in [0.15, 0.2) is 0 Å². The molecule has 0 saturated carbocycles. The second-order valence-corrected chi connectivity index (χ2v) is 4.03. The summed E-state index contributed by atoms with van der Waals surface area (Å²) in [6, 6.07) is 6.06. The van der Waals surface area contributed by atoms with E-state index in [4.69, 9.17) is 0 Å². The summed E-state index contributed by atoms with van der Waals surface area (Å²) in [5, 5.41) is 0. The van der Waals surface area contributed by atoms with Crippen molar-refractivity contribution < 1.29 is 4.39 Å². The molecular weight excluding hydrogens is 231 g/mol. The summed E-state index contributed by atoms with van der Waals surface area (Å²) in [6.07, 6.45) is 0.978. The van der Waals surface area contributed by atoms with Crippen LogP contribution in [0.4, 0.5) is 4.39 Å². The van der Waals surface area contributed by atoms with Crippen LogP contribution in [0.2, 0.25) is 0 Å². The van der Waals surface area contributed by atoms with Crippen LogP contribution in [-0.2, 0) is 6.42 Å². The van der Waals surface area contributed by atoms with Gasteiger partial charge in [0.25, 0.3) is 0 Å². The van der Waals surface area contributed by atoms with E-state index in [9.17, 15) is 4.39 Å². The molecule has 0 aliphatic carbocycles. The summed E-state index contributed by atoms with van der Waals surface area (Å²) < 4.78 is 13.4. The zero-order valence-electron chi connectivity index (χ0n) is 7.90. The number of hydrogen-bond donors (Lipinski definition) is 0. The van der Waals surface area contributed by atoms with Crippen LogP contribution in [0.25, 0.3) is 0 Å². The molecular formula is C11H13BrF. The molecule has 0 fully saturated rings. The summed E-state index contributed by atoms with van der Waals surface area (Å²) in [6.45, 7) is 3.54. The Kier molecular flexibility index (Phi) is 3.91. The normalized spacial score (nSPS) is 10.8. The molecule has 2 heteroatoms. The van der Waals surface area contributed by atoms with E-state index in [1.807, 2.05) is 19.1 Å². The first-order valence-corrected chi connectivity index (χ1v) is 5.15. The molecule has 71 valence electrons. The van der Waals surface area contributed by atoms with Gasteiger partial charge < -0.3 is 0 Å². The Morgan fingerprint density at radius 3 is 2.62 bits per heavy atom. The zero-order chi connectivity index (χ0) is 9.84. The number of benzene rings is 1. The number of aryl methyl sites for hydroxylation is 1. The zero-order valence-corrected chi connectivity index (χ0v) is 9.49. The van der Waals surface area contributed by atoms with E-state index in [0.717, 1.165) is 22.4 Å². The third-order valence-electron chi connectivity index (χ3n) is 2.06. The first-order chi connectivity index (χ1) is 6.17. The van der Waals surface area contributed by atoms with Crippen LogP contribution in [0.3, 0.4) is 0 Å². The van der Waals surface area contributed by atoms with Crippen molar-refractivity contribution in [2.45, 2.75) is 20.3 Å². The van der Waals surface area contributed by atoms with Crippen LogP contribution in [0, 0.1) is 5.92 Å². The van der Waals surface area contributed by atoms with Crippen molar-refractivity contribution in [1.82, 2.24) is 0 Å². The Labute approximate surface area is 87.3 Å². The van der Waals surface area contributed by atoms with Gasteiger partial charge in [-0.05, 0) is 29.7 Å². The van der Waals surface area contributed by atoms with Gasteiger partial charge in [-0.1, -0.05) is 35.8 Å². The van der Waals surface area contributed by atoms with Gasteiger partial charge in [-0.15, -0.1) is 0 Å². The third kappa shape index (κ3) is 2.80. The van der Waals surface area contributed by atoms with Crippen LogP contribution >= 0.6 is 15.9 Å². The first-order valence-electron chi connectivity index (χ1n) is 4.35. The summed E-state index contributed by atoms with van der Waals surface area (Å²) >= 11 is 3.42. The molecule has 0 spiro atoms. The fraction of sp³-hybridized carbons (Fsp3) is 0.364. The maximum absolute atomic E-state index is 12.4. The van der Waals surface area contributed by atoms with Crippen LogP contribution in [0.5, 0.6) is 0 Å². The summed E-state index contributed by atoms with van der Waals surface area (Å²) in [5.41, 5.74) is 2.23. The average Bonchev–Trinajstić information content (AvgIpc) is 2.15. The van der Waals surface area contributed by atoms with Gasteiger partial charge in [-0.2, -0.15) is 0 Å². The van der Waals surface area contributed by atoms with Crippen LogP contribution < -0.4 is 0 Å². The Balaban J connectivity index is 3.01. The highest BCUT2D eigenvalue weighted by atomic mass is 79.9. The predicted octanol–water partition coefficient (Wildman–Crippen LogP) is 3.92. The molecule has 0 atom stereocenters. The second kappa shape index (κ2) is 4.75. The summed E-state index contributed by atoms with van der Waals surface area (Å²) in [7, 11) is 0. The standard InChI is InChI=1S/C11H13BrF/c1-3-9-4-10(8(2)7-13)6-11(12)5-9/h4-6H,3,7H2,1-2H3. The van der Waals surface area contributed by atoms with Crippen molar-refractivity contribution in [2.24, 2.45) is 0 Å². The van der Waals surface area contributed by atoms with E-state index < -0.39 is 0 Å². The van der Waals surface area contributed by atoms with Gasteiger partial charge in [0.2, 0.25) is 0 Å². The molecule has 13 heavy (non-hydrogen) atoms. The molecule has 1 aromatic rings. The van der Waals surface area contributed by atoms with Crippen LogP contribution in [0.1, 0.15) is 25.0 Å². The molecule has 0 bridgehead atoms. The van der Waals surface area contributed by atoms with Crippen molar-refractivity contribution >= 4 is 15.9 Å². The number of rotatable bonds is 3. The molecule has 0 unspecified atom stereocenters. The van der Waals surface area contributed by atoms with Gasteiger partial charge in [0.05, 0.1) is 6.67 Å². The fourth-order valence-electron chi connectivity index (χ4n) is 1.18. The molecule has 0 N–H and O–H groups in total. The number of hydrogen-bond acceptors (Lipinski definition) is 0.